The van der Waals surface area contributed by atoms with Gasteiger partial charge in [0.05, 0.1) is 10.6 Å². The van der Waals surface area contributed by atoms with E-state index >= 15 is 0 Å². The number of carbonyl (C=O) groups excluding carboxylic acids is 2. The predicted molar refractivity (Wildman–Crippen MR) is 165 cm³/mol. The number of ether oxygens (including phenoxy) is 2. The molecule has 0 saturated heterocycles. The molecule has 228 valence electrons. The maximum atomic E-state index is 14.3. The molecule has 1 aliphatic heterocycles. The monoisotopic (exact) mass is 625 g/mol. The van der Waals surface area contributed by atoms with Crippen LogP contribution >= 0.6 is 11.6 Å². The van der Waals surface area contributed by atoms with Crippen molar-refractivity contribution >= 4 is 39.1 Å². The van der Waals surface area contributed by atoms with Crippen molar-refractivity contribution in [3.63, 3.8) is 0 Å². The highest BCUT2D eigenvalue weighted by molar-refractivity contribution is 7.92. The van der Waals surface area contributed by atoms with E-state index in [4.69, 9.17) is 21.1 Å². The molecule has 0 unspecified atom stereocenters. The summed E-state index contributed by atoms with van der Waals surface area (Å²) in [5, 5.41) is 3.56. The van der Waals surface area contributed by atoms with Crippen LogP contribution in [0.15, 0.2) is 77.7 Å². The third-order valence-corrected chi connectivity index (χ3v) is 9.97. The van der Waals surface area contributed by atoms with Crippen LogP contribution in [-0.2, 0) is 26.2 Å². The number of halogens is 1. The normalized spacial score (nSPS) is 15.5. The zero-order valence-electron chi connectivity index (χ0n) is 24.1. The van der Waals surface area contributed by atoms with Crippen molar-refractivity contribution < 1.29 is 27.5 Å². The minimum absolute atomic E-state index is 0.0290. The molecule has 2 aliphatic rings. The van der Waals surface area contributed by atoms with Crippen molar-refractivity contribution in [2.45, 2.75) is 62.6 Å². The Morgan fingerprint density at radius 2 is 1.63 bits per heavy atom. The molecule has 11 heteroatoms. The molecule has 3 aromatic carbocycles. The number of amides is 2. The Kier molecular flexibility index (Phi) is 9.77. The van der Waals surface area contributed by atoms with E-state index in [2.05, 4.69) is 5.32 Å². The molecular weight excluding hydrogens is 590 g/mol. The number of nitrogens with zero attached hydrogens (tertiary/aromatic N) is 2. The first-order chi connectivity index (χ1) is 20.8. The van der Waals surface area contributed by atoms with Gasteiger partial charge in [0, 0.05) is 23.7 Å². The molecule has 5 rings (SSSR count). The molecule has 0 aromatic heterocycles. The molecule has 1 heterocycles. The number of hydrogen-bond acceptors (Lipinski definition) is 6. The average Bonchev–Trinajstić information content (AvgIpc) is 3.53. The Hall–Kier alpha value is -3.76. The van der Waals surface area contributed by atoms with Gasteiger partial charge in [-0.3, -0.25) is 13.9 Å². The van der Waals surface area contributed by atoms with E-state index < -0.39 is 28.5 Å². The number of anilines is 1. The number of carbonyl (C=O) groups is 2. The summed E-state index contributed by atoms with van der Waals surface area (Å²) in [5.74, 6) is 0.0856. The minimum Gasteiger partial charge on any atom is -0.486 e. The van der Waals surface area contributed by atoms with Crippen LogP contribution in [0, 0.1) is 0 Å². The Morgan fingerprint density at radius 3 is 2.33 bits per heavy atom. The van der Waals surface area contributed by atoms with E-state index in [0.717, 1.165) is 30.0 Å². The lowest BCUT2D eigenvalue weighted by molar-refractivity contribution is -0.140. The number of rotatable bonds is 11. The lowest BCUT2D eigenvalue weighted by Crippen LogP contribution is -2.53. The summed E-state index contributed by atoms with van der Waals surface area (Å²) in [6.07, 6.45) is 4.23. The van der Waals surface area contributed by atoms with Gasteiger partial charge in [0.25, 0.3) is 10.0 Å². The van der Waals surface area contributed by atoms with Crippen LogP contribution in [0.3, 0.4) is 0 Å². The SMILES string of the molecule is CC[C@H](C(=O)NC1CCCC1)N(Cc1ccccc1Cl)C(=O)CN(c1ccc2c(c1)OCCO2)S(=O)(=O)c1ccccc1. The molecule has 1 fully saturated rings. The summed E-state index contributed by atoms with van der Waals surface area (Å²) in [4.78, 5) is 29.3. The number of hydrogen-bond donors (Lipinski definition) is 1. The molecule has 9 nitrogen and oxygen atoms in total. The first-order valence-electron chi connectivity index (χ1n) is 14.6. The fourth-order valence-corrected chi connectivity index (χ4v) is 7.16. The van der Waals surface area contributed by atoms with Gasteiger partial charge in [-0.1, -0.05) is 67.8 Å². The van der Waals surface area contributed by atoms with Gasteiger partial charge in [0.2, 0.25) is 11.8 Å². The molecular formula is C32H36ClN3O6S. The van der Waals surface area contributed by atoms with E-state index in [0.29, 0.717) is 41.7 Å². The Labute approximate surface area is 257 Å². The molecule has 3 aromatic rings. The third kappa shape index (κ3) is 7.08. The molecule has 0 spiro atoms. The van der Waals surface area contributed by atoms with Crippen LogP contribution in [0.5, 0.6) is 11.5 Å². The topological polar surface area (TPSA) is 105 Å². The Morgan fingerprint density at radius 1 is 0.953 bits per heavy atom. The van der Waals surface area contributed by atoms with E-state index in [-0.39, 0.29) is 29.1 Å². The molecule has 43 heavy (non-hydrogen) atoms. The maximum absolute atomic E-state index is 14.3. The van der Waals surface area contributed by atoms with Gasteiger partial charge in [-0.05, 0) is 55.2 Å². The van der Waals surface area contributed by atoms with Gasteiger partial charge in [-0.2, -0.15) is 0 Å². The first kappa shape index (κ1) is 30.7. The number of nitrogens with one attached hydrogen (secondary N) is 1. The highest BCUT2D eigenvalue weighted by Crippen LogP contribution is 2.36. The summed E-state index contributed by atoms with van der Waals surface area (Å²) < 4.78 is 40.5. The number of fused-ring (bicyclic) bond motifs is 1. The van der Waals surface area contributed by atoms with Crippen LogP contribution < -0.4 is 19.1 Å². The van der Waals surface area contributed by atoms with Gasteiger partial charge in [0.15, 0.2) is 11.5 Å². The Balaban J connectivity index is 1.52. The largest absolute Gasteiger partial charge is 0.486 e. The van der Waals surface area contributed by atoms with Crippen LogP contribution in [0.4, 0.5) is 5.69 Å². The lowest BCUT2D eigenvalue weighted by atomic mass is 10.1. The lowest BCUT2D eigenvalue weighted by Gasteiger charge is -2.34. The fourth-order valence-electron chi connectivity index (χ4n) is 5.53. The van der Waals surface area contributed by atoms with Gasteiger partial charge in [-0.15, -0.1) is 0 Å². The van der Waals surface area contributed by atoms with Crippen LogP contribution in [0.1, 0.15) is 44.6 Å². The maximum Gasteiger partial charge on any atom is 0.264 e. The second-order valence-electron chi connectivity index (χ2n) is 10.7. The average molecular weight is 626 g/mol. The highest BCUT2D eigenvalue weighted by atomic mass is 35.5. The van der Waals surface area contributed by atoms with Gasteiger partial charge in [0.1, 0.15) is 25.8 Å². The zero-order chi connectivity index (χ0) is 30.4. The molecule has 0 bridgehead atoms. The van der Waals surface area contributed by atoms with Crippen molar-refractivity contribution in [1.29, 1.82) is 0 Å². The van der Waals surface area contributed by atoms with Crippen molar-refractivity contribution in [3.05, 3.63) is 83.4 Å². The van der Waals surface area contributed by atoms with E-state index in [1.807, 2.05) is 13.0 Å². The molecule has 2 amide bonds. The van der Waals surface area contributed by atoms with Gasteiger partial charge in [-0.25, -0.2) is 8.42 Å². The van der Waals surface area contributed by atoms with Crippen LogP contribution in [0.2, 0.25) is 5.02 Å². The minimum atomic E-state index is -4.20. The molecule has 1 saturated carbocycles. The van der Waals surface area contributed by atoms with Crippen molar-refractivity contribution in [2.24, 2.45) is 0 Å². The molecule has 1 N–H and O–H groups in total. The van der Waals surface area contributed by atoms with Crippen LogP contribution in [-0.4, -0.2) is 57.0 Å². The third-order valence-electron chi connectivity index (χ3n) is 7.81. The van der Waals surface area contributed by atoms with Gasteiger partial charge >= 0.3 is 0 Å². The van der Waals surface area contributed by atoms with Crippen molar-refractivity contribution in [3.8, 4) is 11.5 Å². The van der Waals surface area contributed by atoms with E-state index in [1.54, 1.807) is 54.6 Å². The predicted octanol–water partition coefficient (Wildman–Crippen LogP) is 5.17. The quantitative estimate of drug-likeness (QED) is 0.315. The summed E-state index contributed by atoms with van der Waals surface area (Å²) in [7, 11) is -4.20. The van der Waals surface area contributed by atoms with Crippen molar-refractivity contribution in [2.75, 3.05) is 24.1 Å². The second kappa shape index (κ2) is 13.7. The summed E-state index contributed by atoms with van der Waals surface area (Å²) in [6.45, 7) is 2.03. The zero-order valence-corrected chi connectivity index (χ0v) is 25.6. The molecule has 1 aliphatic carbocycles. The van der Waals surface area contributed by atoms with E-state index in [9.17, 15) is 18.0 Å². The van der Waals surface area contributed by atoms with Crippen molar-refractivity contribution in [1.82, 2.24) is 10.2 Å². The smallest absolute Gasteiger partial charge is 0.264 e. The second-order valence-corrected chi connectivity index (χ2v) is 12.9. The number of benzene rings is 3. The Bertz CT molecular complexity index is 1550. The molecule has 1 atom stereocenters. The molecule has 0 radical (unpaired) electrons. The van der Waals surface area contributed by atoms with Crippen LogP contribution in [0.25, 0.3) is 0 Å². The summed E-state index contributed by atoms with van der Waals surface area (Å²) in [5.41, 5.74) is 0.893. The van der Waals surface area contributed by atoms with E-state index in [1.165, 1.54) is 17.0 Å². The number of sulfonamides is 1. The highest BCUT2D eigenvalue weighted by Gasteiger charge is 2.35. The first-order valence-corrected chi connectivity index (χ1v) is 16.4. The van der Waals surface area contributed by atoms with Gasteiger partial charge < -0.3 is 19.7 Å². The standard InChI is InChI=1S/C32H36ClN3O6S/c1-2-28(32(38)34-24-11-7-8-12-24)35(21-23-10-6-9-15-27(23)33)31(37)22-36(43(39,40)26-13-4-3-5-14-26)25-16-17-29-30(20-25)42-19-18-41-29/h3-6,9-10,13-17,20,24,28H,2,7-8,11-12,18-19,21-22H2,1H3,(H,34,38)/t28-/m1/s1. The summed E-state index contributed by atoms with van der Waals surface area (Å²) in [6, 6.07) is 19.1. The fraction of sp³-hybridized carbons (Fsp3) is 0.375. The summed E-state index contributed by atoms with van der Waals surface area (Å²) >= 11 is 6.49.